The summed E-state index contributed by atoms with van der Waals surface area (Å²) in [5, 5.41) is 8.99. The van der Waals surface area contributed by atoms with Crippen LogP contribution in [0.5, 0.6) is 5.75 Å². The van der Waals surface area contributed by atoms with E-state index in [4.69, 9.17) is 5.11 Å². The highest BCUT2D eigenvalue weighted by molar-refractivity contribution is 7.90. The number of anilines is 1. The minimum Gasteiger partial charge on any atom is -0.508 e. The van der Waals surface area contributed by atoms with Gasteiger partial charge in [-0.15, -0.1) is 0 Å². The van der Waals surface area contributed by atoms with Gasteiger partial charge >= 0.3 is 0 Å². The van der Waals surface area contributed by atoms with Crippen molar-refractivity contribution in [2.75, 3.05) is 4.72 Å². The van der Waals surface area contributed by atoms with Gasteiger partial charge in [-0.3, -0.25) is 4.72 Å². The monoisotopic (exact) mass is 262 g/mol. The summed E-state index contributed by atoms with van der Waals surface area (Å²) in [7, 11) is -3.85. The lowest BCUT2D eigenvalue weighted by molar-refractivity contribution is 0.469. The molecule has 0 radical (unpaired) electrons. The number of halogens is 1. The molecule has 0 aromatic heterocycles. The second-order valence-corrected chi connectivity index (χ2v) is 6.04. The van der Waals surface area contributed by atoms with E-state index >= 15 is 0 Å². The number of rotatable bonds is 3. The molecule has 1 rings (SSSR count). The van der Waals surface area contributed by atoms with Gasteiger partial charge in [0.15, 0.2) is 5.82 Å². The molecule has 0 saturated carbocycles. The van der Waals surface area contributed by atoms with Gasteiger partial charge in [0.25, 0.3) is 10.2 Å². The van der Waals surface area contributed by atoms with Gasteiger partial charge < -0.3 is 5.11 Å². The Bertz CT molecular complexity index is 509. The minimum absolute atomic E-state index is 0.223. The second kappa shape index (κ2) is 4.50. The molecular weight excluding hydrogens is 247 g/mol. The van der Waals surface area contributed by atoms with E-state index in [1.54, 1.807) is 20.8 Å². The van der Waals surface area contributed by atoms with E-state index < -0.39 is 21.6 Å². The van der Waals surface area contributed by atoms with Crippen LogP contribution in [0.15, 0.2) is 18.2 Å². The maximum absolute atomic E-state index is 13.3. The first-order chi connectivity index (χ1) is 7.59. The van der Waals surface area contributed by atoms with Gasteiger partial charge in [0.05, 0.1) is 5.69 Å². The van der Waals surface area contributed by atoms with Gasteiger partial charge in [0, 0.05) is 11.6 Å². The first kappa shape index (κ1) is 13.7. The summed E-state index contributed by atoms with van der Waals surface area (Å²) in [5.74, 6) is -1.11. The molecule has 1 aromatic carbocycles. The van der Waals surface area contributed by atoms with Gasteiger partial charge in [-0.1, -0.05) is 0 Å². The lowest BCUT2D eigenvalue weighted by Gasteiger charge is -2.21. The highest BCUT2D eigenvalue weighted by atomic mass is 32.2. The summed E-state index contributed by atoms with van der Waals surface area (Å²) >= 11 is 0. The Labute approximate surface area is 99.8 Å². The third-order valence-corrected chi connectivity index (χ3v) is 3.01. The molecular formula is C10H15FN2O3S. The number of phenolic OH excluding ortho intramolecular Hbond substituents is 1. The smallest absolute Gasteiger partial charge is 0.299 e. The summed E-state index contributed by atoms with van der Waals surface area (Å²) in [6, 6.07) is 3.17. The van der Waals surface area contributed by atoms with Crippen molar-refractivity contribution in [1.82, 2.24) is 4.72 Å². The maximum Gasteiger partial charge on any atom is 0.299 e. The largest absolute Gasteiger partial charge is 0.508 e. The predicted octanol–water partition coefficient (Wildman–Crippen LogP) is 1.58. The SMILES string of the molecule is CC(C)(C)NS(=O)(=O)Nc1ccc(O)cc1F. The molecule has 96 valence electrons. The molecule has 0 fully saturated rings. The van der Waals surface area contributed by atoms with Crippen molar-refractivity contribution in [3.05, 3.63) is 24.0 Å². The highest BCUT2D eigenvalue weighted by Crippen LogP contribution is 2.20. The average molecular weight is 262 g/mol. The Morgan fingerprint density at radius 2 is 1.88 bits per heavy atom. The maximum atomic E-state index is 13.3. The van der Waals surface area contributed by atoms with Crippen molar-refractivity contribution >= 4 is 15.9 Å². The lowest BCUT2D eigenvalue weighted by atomic mass is 10.1. The predicted molar refractivity (Wildman–Crippen MR) is 63.5 cm³/mol. The van der Waals surface area contributed by atoms with Crippen LogP contribution in [0.3, 0.4) is 0 Å². The van der Waals surface area contributed by atoms with Crippen molar-refractivity contribution in [2.45, 2.75) is 26.3 Å². The molecule has 0 aliphatic carbocycles. The number of hydrogen-bond acceptors (Lipinski definition) is 3. The van der Waals surface area contributed by atoms with Crippen LogP contribution in [0, 0.1) is 5.82 Å². The summed E-state index contributed by atoms with van der Waals surface area (Å²) in [5.41, 5.74) is -0.890. The van der Waals surface area contributed by atoms with E-state index in [9.17, 15) is 12.8 Å². The number of nitrogens with one attached hydrogen (secondary N) is 2. The van der Waals surface area contributed by atoms with Gasteiger partial charge in [-0.25, -0.2) is 4.39 Å². The quantitative estimate of drug-likeness (QED) is 0.724. The normalized spacial score (nSPS) is 12.5. The van der Waals surface area contributed by atoms with Gasteiger partial charge in [-0.2, -0.15) is 13.1 Å². The molecule has 5 nitrogen and oxygen atoms in total. The van der Waals surface area contributed by atoms with Crippen molar-refractivity contribution < 1.29 is 17.9 Å². The molecule has 0 aliphatic rings. The summed E-state index contributed by atoms with van der Waals surface area (Å²) in [6.45, 7) is 5.00. The molecule has 0 aliphatic heterocycles. The number of phenols is 1. The Balaban J connectivity index is 2.91. The van der Waals surface area contributed by atoms with Gasteiger partial charge in [0.1, 0.15) is 5.75 Å². The fraction of sp³-hybridized carbons (Fsp3) is 0.400. The molecule has 0 bridgehead atoms. The van der Waals surface area contributed by atoms with Crippen LogP contribution in [-0.4, -0.2) is 19.1 Å². The molecule has 0 spiro atoms. The van der Waals surface area contributed by atoms with Crippen LogP contribution >= 0.6 is 0 Å². The van der Waals surface area contributed by atoms with E-state index in [0.29, 0.717) is 0 Å². The first-order valence-electron chi connectivity index (χ1n) is 4.89. The van der Waals surface area contributed by atoms with Crippen molar-refractivity contribution in [1.29, 1.82) is 0 Å². The molecule has 0 heterocycles. The topological polar surface area (TPSA) is 78.4 Å². The Morgan fingerprint density at radius 1 is 1.29 bits per heavy atom. The van der Waals surface area contributed by atoms with Crippen LogP contribution < -0.4 is 9.44 Å². The number of hydrogen-bond donors (Lipinski definition) is 3. The van der Waals surface area contributed by atoms with Crippen LogP contribution in [0.1, 0.15) is 20.8 Å². The van der Waals surface area contributed by atoms with E-state index in [-0.39, 0.29) is 11.4 Å². The molecule has 17 heavy (non-hydrogen) atoms. The number of aromatic hydroxyl groups is 1. The third kappa shape index (κ3) is 4.58. The molecule has 0 amide bonds. The zero-order valence-corrected chi connectivity index (χ0v) is 10.6. The van der Waals surface area contributed by atoms with Crippen LogP contribution in [0.25, 0.3) is 0 Å². The van der Waals surface area contributed by atoms with Gasteiger partial charge in [-0.05, 0) is 32.9 Å². The fourth-order valence-electron chi connectivity index (χ4n) is 1.16. The fourth-order valence-corrected chi connectivity index (χ4v) is 2.47. The Kier molecular flexibility index (Phi) is 3.63. The van der Waals surface area contributed by atoms with E-state index in [0.717, 1.165) is 12.1 Å². The van der Waals surface area contributed by atoms with Crippen LogP contribution in [-0.2, 0) is 10.2 Å². The second-order valence-electron chi connectivity index (χ2n) is 4.62. The summed E-state index contributed by atoms with van der Waals surface area (Å²) < 4.78 is 40.9. The number of benzene rings is 1. The Morgan fingerprint density at radius 3 is 2.35 bits per heavy atom. The van der Waals surface area contributed by atoms with E-state index in [2.05, 4.69) is 4.72 Å². The van der Waals surface area contributed by atoms with Crippen molar-refractivity contribution in [2.24, 2.45) is 0 Å². The zero-order valence-electron chi connectivity index (χ0n) is 9.78. The third-order valence-electron chi connectivity index (χ3n) is 1.64. The molecule has 0 unspecified atom stereocenters. The summed E-state index contributed by atoms with van der Waals surface area (Å²) in [4.78, 5) is 0. The standard InChI is InChI=1S/C10H15FN2O3S/c1-10(2,3)13-17(15,16)12-9-5-4-7(14)6-8(9)11/h4-6,12-14H,1-3H3. The van der Waals surface area contributed by atoms with Gasteiger partial charge in [0.2, 0.25) is 0 Å². The highest BCUT2D eigenvalue weighted by Gasteiger charge is 2.20. The summed E-state index contributed by atoms with van der Waals surface area (Å²) in [6.07, 6.45) is 0. The van der Waals surface area contributed by atoms with E-state index in [1.807, 2.05) is 4.72 Å². The average Bonchev–Trinajstić information content (AvgIpc) is 2.05. The van der Waals surface area contributed by atoms with E-state index in [1.165, 1.54) is 6.07 Å². The zero-order chi connectivity index (χ0) is 13.3. The first-order valence-corrected chi connectivity index (χ1v) is 6.38. The molecule has 7 heteroatoms. The van der Waals surface area contributed by atoms with Crippen molar-refractivity contribution in [3.8, 4) is 5.75 Å². The molecule has 0 atom stereocenters. The molecule has 1 aromatic rings. The lowest BCUT2D eigenvalue weighted by Crippen LogP contribution is -2.43. The molecule has 0 saturated heterocycles. The van der Waals surface area contributed by atoms with Crippen molar-refractivity contribution in [3.63, 3.8) is 0 Å². The van der Waals surface area contributed by atoms with Crippen LogP contribution in [0.4, 0.5) is 10.1 Å². The minimum atomic E-state index is -3.85. The van der Waals surface area contributed by atoms with Crippen LogP contribution in [0.2, 0.25) is 0 Å². The Hall–Kier alpha value is -1.34. The molecule has 3 N–H and O–H groups in total.